The molecule has 0 spiro atoms. The molecule has 0 bridgehead atoms. The van der Waals surface area contributed by atoms with Gasteiger partial charge in [0.05, 0.1) is 17.6 Å². The molecule has 0 aliphatic carbocycles. The molecule has 1 aromatic carbocycles. The van der Waals surface area contributed by atoms with Crippen molar-refractivity contribution < 1.29 is 13.9 Å². The number of aromatic nitrogens is 4. The van der Waals surface area contributed by atoms with Crippen LogP contribution in [0.25, 0.3) is 5.78 Å². The first-order chi connectivity index (χ1) is 14.5. The highest BCUT2D eigenvalue weighted by Gasteiger charge is 2.13. The molecule has 0 aliphatic heterocycles. The number of furan rings is 1. The van der Waals surface area contributed by atoms with Crippen molar-refractivity contribution in [2.24, 2.45) is 5.92 Å². The van der Waals surface area contributed by atoms with Crippen LogP contribution in [0.5, 0.6) is 5.75 Å². The van der Waals surface area contributed by atoms with Gasteiger partial charge in [-0.2, -0.15) is 9.50 Å². The van der Waals surface area contributed by atoms with Gasteiger partial charge in [-0.25, -0.2) is 4.98 Å². The van der Waals surface area contributed by atoms with E-state index >= 15 is 0 Å². The Labute approximate surface area is 171 Å². The largest absolute Gasteiger partial charge is 0.485 e. The summed E-state index contributed by atoms with van der Waals surface area (Å²) in [6.45, 7) is 4.84. The van der Waals surface area contributed by atoms with Crippen molar-refractivity contribution in [1.29, 1.82) is 0 Å². The predicted octanol–water partition coefficient (Wildman–Crippen LogP) is 2.97. The van der Waals surface area contributed by atoms with Crippen molar-refractivity contribution >= 4 is 17.4 Å². The lowest BCUT2D eigenvalue weighted by atomic mass is 10.2. The average molecular weight is 407 g/mol. The Kier molecular flexibility index (Phi) is 5.34. The Morgan fingerprint density at radius 3 is 2.83 bits per heavy atom. The van der Waals surface area contributed by atoms with Gasteiger partial charge >= 0.3 is 0 Å². The number of benzene rings is 1. The fourth-order valence-electron chi connectivity index (χ4n) is 3.02. The molecule has 0 aliphatic rings. The summed E-state index contributed by atoms with van der Waals surface area (Å²) < 4.78 is 14.1. The zero-order valence-corrected chi connectivity index (χ0v) is 16.6. The van der Waals surface area contributed by atoms with Gasteiger partial charge in [0.15, 0.2) is 5.76 Å². The molecule has 9 heteroatoms. The minimum absolute atomic E-state index is 0.0520. The molecular weight excluding hydrogens is 386 g/mol. The number of hydrogen-bond donors (Lipinski definition) is 1. The van der Waals surface area contributed by atoms with Crippen LogP contribution >= 0.6 is 0 Å². The molecule has 3 heterocycles. The first-order valence-corrected chi connectivity index (χ1v) is 9.52. The minimum Gasteiger partial charge on any atom is -0.485 e. The number of nitrogens with one attached hydrogen (secondary N) is 1. The lowest BCUT2D eigenvalue weighted by molar-refractivity contribution is 0.0996. The topological polar surface area (TPSA) is 104 Å². The van der Waals surface area contributed by atoms with E-state index < -0.39 is 0 Å². The van der Waals surface area contributed by atoms with Crippen LogP contribution in [-0.2, 0) is 13.2 Å². The Balaban J connectivity index is 1.52. The summed E-state index contributed by atoms with van der Waals surface area (Å²) in [4.78, 5) is 33.4. The molecule has 30 heavy (non-hydrogen) atoms. The van der Waals surface area contributed by atoms with Crippen molar-refractivity contribution in [3.8, 4) is 5.75 Å². The van der Waals surface area contributed by atoms with Crippen LogP contribution in [0.15, 0.2) is 64.3 Å². The quantitative estimate of drug-likeness (QED) is 0.505. The molecule has 1 amide bonds. The van der Waals surface area contributed by atoms with E-state index in [-0.39, 0.29) is 23.8 Å². The van der Waals surface area contributed by atoms with Gasteiger partial charge in [0.2, 0.25) is 0 Å². The standard InChI is InChI=1S/C21H21N5O4/c1-14(2)11-25-13-22-21-23-15(10-19(27)26(21)25)12-30-17-7-4-3-6-16(17)24-20(28)18-8-5-9-29-18/h3-10,13-14H,11-12H2,1-2H3,(H,24,28). The highest BCUT2D eigenvalue weighted by molar-refractivity contribution is 6.03. The van der Waals surface area contributed by atoms with E-state index in [1.54, 1.807) is 47.4 Å². The molecule has 0 atom stereocenters. The molecule has 0 fully saturated rings. The third-order valence-corrected chi connectivity index (χ3v) is 4.30. The Morgan fingerprint density at radius 1 is 1.23 bits per heavy atom. The van der Waals surface area contributed by atoms with Crippen LogP contribution in [0.1, 0.15) is 30.1 Å². The second-order valence-electron chi connectivity index (χ2n) is 7.17. The highest BCUT2D eigenvalue weighted by atomic mass is 16.5. The van der Waals surface area contributed by atoms with Crippen LogP contribution in [0.2, 0.25) is 0 Å². The molecule has 0 unspecified atom stereocenters. The number of amides is 1. The maximum absolute atomic E-state index is 12.6. The monoisotopic (exact) mass is 407 g/mol. The lowest BCUT2D eigenvalue weighted by Crippen LogP contribution is -2.23. The van der Waals surface area contributed by atoms with Gasteiger partial charge in [-0.05, 0) is 30.2 Å². The lowest BCUT2D eigenvalue weighted by Gasteiger charge is -2.12. The summed E-state index contributed by atoms with van der Waals surface area (Å²) in [5, 5.41) is 2.75. The molecule has 0 saturated carbocycles. The number of anilines is 1. The molecule has 0 radical (unpaired) electrons. The van der Waals surface area contributed by atoms with Gasteiger partial charge in [0.25, 0.3) is 17.2 Å². The number of rotatable bonds is 7. The molecule has 0 saturated heterocycles. The van der Waals surface area contributed by atoms with E-state index in [2.05, 4.69) is 29.1 Å². The van der Waals surface area contributed by atoms with Gasteiger partial charge in [-0.3, -0.25) is 14.3 Å². The first-order valence-electron chi connectivity index (χ1n) is 9.52. The normalized spacial score (nSPS) is 11.2. The summed E-state index contributed by atoms with van der Waals surface area (Å²) in [5.74, 6) is 0.947. The molecular formula is C21H21N5O4. The summed E-state index contributed by atoms with van der Waals surface area (Å²) >= 11 is 0. The van der Waals surface area contributed by atoms with E-state index in [0.29, 0.717) is 35.4 Å². The van der Waals surface area contributed by atoms with Crippen molar-refractivity contribution in [3.63, 3.8) is 0 Å². The van der Waals surface area contributed by atoms with E-state index in [1.165, 1.54) is 16.8 Å². The molecule has 154 valence electrons. The van der Waals surface area contributed by atoms with Gasteiger partial charge < -0.3 is 14.5 Å². The summed E-state index contributed by atoms with van der Waals surface area (Å²) in [5.41, 5.74) is 0.705. The predicted molar refractivity (Wildman–Crippen MR) is 110 cm³/mol. The number of nitrogens with zero attached hydrogens (tertiary/aromatic N) is 4. The number of carbonyl (C=O) groups is 1. The summed E-state index contributed by atoms with van der Waals surface area (Å²) in [7, 11) is 0. The Bertz CT molecular complexity index is 1220. The second kappa shape index (κ2) is 8.24. The first kappa shape index (κ1) is 19.4. The number of fused-ring (bicyclic) bond motifs is 1. The maximum atomic E-state index is 12.6. The van der Waals surface area contributed by atoms with E-state index in [4.69, 9.17) is 9.15 Å². The molecule has 4 rings (SSSR count). The van der Waals surface area contributed by atoms with E-state index in [0.717, 1.165) is 0 Å². The van der Waals surface area contributed by atoms with Gasteiger partial charge in [0.1, 0.15) is 18.7 Å². The fourth-order valence-corrected chi connectivity index (χ4v) is 3.02. The van der Waals surface area contributed by atoms with Gasteiger partial charge in [0, 0.05) is 12.6 Å². The van der Waals surface area contributed by atoms with Crippen LogP contribution in [0.3, 0.4) is 0 Å². The fraction of sp³-hybridized carbons (Fsp3) is 0.238. The van der Waals surface area contributed by atoms with Gasteiger partial charge in [-0.15, -0.1) is 0 Å². The van der Waals surface area contributed by atoms with Crippen LogP contribution < -0.4 is 15.6 Å². The van der Waals surface area contributed by atoms with Crippen molar-refractivity contribution in [2.45, 2.75) is 27.0 Å². The second-order valence-corrected chi connectivity index (χ2v) is 7.17. The molecule has 1 N–H and O–H groups in total. The van der Waals surface area contributed by atoms with Crippen molar-refractivity contribution in [1.82, 2.24) is 19.2 Å². The van der Waals surface area contributed by atoms with E-state index in [9.17, 15) is 9.59 Å². The summed E-state index contributed by atoms with van der Waals surface area (Å²) in [6, 6.07) is 11.6. The van der Waals surface area contributed by atoms with E-state index in [1.807, 2.05) is 0 Å². The highest BCUT2D eigenvalue weighted by Crippen LogP contribution is 2.25. The Morgan fingerprint density at radius 2 is 2.07 bits per heavy atom. The van der Waals surface area contributed by atoms with Crippen LogP contribution in [0, 0.1) is 5.92 Å². The smallest absolute Gasteiger partial charge is 0.291 e. The third kappa shape index (κ3) is 4.09. The number of hydrogen-bond acceptors (Lipinski definition) is 6. The minimum atomic E-state index is -0.385. The SMILES string of the molecule is CC(C)Cn1cnc2nc(COc3ccccc3NC(=O)c3ccco3)cc(=O)n21. The van der Waals surface area contributed by atoms with Crippen LogP contribution in [-0.4, -0.2) is 25.1 Å². The molecule has 9 nitrogen and oxygen atoms in total. The zero-order valence-electron chi connectivity index (χ0n) is 16.6. The van der Waals surface area contributed by atoms with Crippen LogP contribution in [0.4, 0.5) is 5.69 Å². The number of para-hydroxylation sites is 2. The molecule has 4 aromatic rings. The Hall–Kier alpha value is -3.88. The average Bonchev–Trinajstić information content (AvgIpc) is 3.38. The third-order valence-electron chi connectivity index (χ3n) is 4.30. The zero-order chi connectivity index (χ0) is 21.1. The van der Waals surface area contributed by atoms with Crippen molar-refractivity contribution in [2.75, 3.05) is 5.32 Å². The molecule has 3 aromatic heterocycles. The summed E-state index contributed by atoms with van der Waals surface area (Å²) in [6.07, 6.45) is 3.04. The van der Waals surface area contributed by atoms with Gasteiger partial charge in [-0.1, -0.05) is 26.0 Å². The van der Waals surface area contributed by atoms with Crippen molar-refractivity contribution in [3.05, 3.63) is 76.9 Å². The number of carbonyl (C=O) groups excluding carboxylic acids is 1. The maximum Gasteiger partial charge on any atom is 0.291 e. The number of ether oxygens (including phenoxy) is 1.